The molecular formula is C16H27ClN2O. The van der Waals surface area contributed by atoms with Crippen molar-refractivity contribution in [1.29, 1.82) is 0 Å². The maximum atomic E-state index is 5.83. The number of benzene rings is 1. The van der Waals surface area contributed by atoms with E-state index in [1.807, 2.05) is 12.1 Å². The van der Waals surface area contributed by atoms with Crippen molar-refractivity contribution in [2.75, 3.05) is 19.4 Å². The first-order chi connectivity index (χ1) is 8.95. The number of halogens is 1. The van der Waals surface area contributed by atoms with Crippen LogP contribution in [0.5, 0.6) is 0 Å². The third-order valence-corrected chi connectivity index (χ3v) is 4.41. The average molecular weight is 299 g/mol. The van der Waals surface area contributed by atoms with Gasteiger partial charge in [-0.05, 0) is 38.1 Å². The number of hydrogen-bond donors (Lipinski definition) is 1. The van der Waals surface area contributed by atoms with Gasteiger partial charge in [-0.15, -0.1) is 12.4 Å². The van der Waals surface area contributed by atoms with Crippen molar-refractivity contribution in [2.45, 2.75) is 45.9 Å². The molecule has 0 spiro atoms. The fraction of sp³-hybridized carbons (Fsp3) is 0.625. The van der Waals surface area contributed by atoms with E-state index in [4.69, 9.17) is 10.5 Å². The molecule has 114 valence electrons. The van der Waals surface area contributed by atoms with E-state index in [1.54, 1.807) is 0 Å². The highest BCUT2D eigenvalue weighted by atomic mass is 35.5. The molecule has 4 heteroatoms. The Hall–Kier alpha value is -0.770. The largest absolute Gasteiger partial charge is 0.399 e. The zero-order valence-corrected chi connectivity index (χ0v) is 13.7. The van der Waals surface area contributed by atoms with Crippen molar-refractivity contribution in [3.05, 3.63) is 29.8 Å². The summed E-state index contributed by atoms with van der Waals surface area (Å²) in [6.45, 7) is 8.42. The van der Waals surface area contributed by atoms with Crippen molar-refractivity contribution >= 4 is 18.1 Å². The smallest absolute Gasteiger partial charge is 0.0655 e. The van der Waals surface area contributed by atoms with E-state index in [-0.39, 0.29) is 17.8 Å². The van der Waals surface area contributed by atoms with Crippen LogP contribution in [0, 0.1) is 5.41 Å². The monoisotopic (exact) mass is 298 g/mol. The van der Waals surface area contributed by atoms with E-state index in [1.165, 1.54) is 5.56 Å². The third kappa shape index (κ3) is 3.46. The number of hydrogen-bond acceptors (Lipinski definition) is 3. The van der Waals surface area contributed by atoms with Gasteiger partial charge in [0, 0.05) is 30.3 Å². The summed E-state index contributed by atoms with van der Waals surface area (Å²) in [4.78, 5) is 2.42. The minimum atomic E-state index is 0. The average Bonchev–Trinajstić information content (AvgIpc) is 2.33. The number of rotatable bonds is 5. The van der Waals surface area contributed by atoms with Crippen molar-refractivity contribution in [3.63, 3.8) is 0 Å². The van der Waals surface area contributed by atoms with Crippen LogP contribution < -0.4 is 5.73 Å². The molecule has 2 unspecified atom stereocenters. The van der Waals surface area contributed by atoms with E-state index >= 15 is 0 Å². The van der Waals surface area contributed by atoms with Crippen LogP contribution in [0.25, 0.3) is 0 Å². The first-order valence-electron chi connectivity index (χ1n) is 7.11. The van der Waals surface area contributed by atoms with Crippen molar-refractivity contribution in [2.24, 2.45) is 5.41 Å². The normalized spacial score (nSPS) is 24.1. The standard InChI is InChI=1S/C16H26N2O.ClH/c1-5-19-15-10-14(16(15,2)3)18(4)11-12-7-6-8-13(17)9-12;/h6-9,14-15H,5,10-11,17H2,1-4H3;1H. The molecule has 1 aromatic rings. The molecule has 1 aromatic carbocycles. The van der Waals surface area contributed by atoms with Crippen LogP contribution in [0.3, 0.4) is 0 Å². The van der Waals surface area contributed by atoms with Crippen molar-refractivity contribution in [3.8, 4) is 0 Å². The topological polar surface area (TPSA) is 38.5 Å². The zero-order valence-electron chi connectivity index (χ0n) is 12.9. The first kappa shape index (κ1) is 17.3. The molecule has 1 fully saturated rings. The van der Waals surface area contributed by atoms with Gasteiger partial charge in [0.1, 0.15) is 0 Å². The van der Waals surface area contributed by atoms with Crippen LogP contribution in [0.4, 0.5) is 5.69 Å². The Labute approximate surface area is 128 Å². The second kappa shape index (κ2) is 6.79. The predicted octanol–water partition coefficient (Wildman–Crippen LogP) is 3.33. The van der Waals surface area contributed by atoms with Gasteiger partial charge in [-0.3, -0.25) is 4.90 Å². The summed E-state index contributed by atoms with van der Waals surface area (Å²) in [7, 11) is 2.19. The minimum Gasteiger partial charge on any atom is -0.399 e. The van der Waals surface area contributed by atoms with Gasteiger partial charge in [0.25, 0.3) is 0 Å². The second-order valence-electron chi connectivity index (χ2n) is 6.18. The third-order valence-electron chi connectivity index (χ3n) is 4.41. The van der Waals surface area contributed by atoms with Crippen molar-refractivity contribution < 1.29 is 4.74 Å². The fourth-order valence-corrected chi connectivity index (χ4v) is 3.19. The lowest BCUT2D eigenvalue weighted by atomic mass is 9.64. The highest BCUT2D eigenvalue weighted by Crippen LogP contribution is 2.45. The molecule has 2 N–H and O–H groups in total. The molecule has 0 heterocycles. The minimum absolute atomic E-state index is 0. The molecule has 0 aliphatic heterocycles. The summed E-state index contributed by atoms with van der Waals surface area (Å²) in [6.07, 6.45) is 1.52. The molecule has 0 radical (unpaired) electrons. The van der Waals surface area contributed by atoms with Gasteiger partial charge in [-0.2, -0.15) is 0 Å². The molecule has 0 bridgehead atoms. The molecule has 1 aliphatic rings. The van der Waals surface area contributed by atoms with E-state index in [9.17, 15) is 0 Å². The van der Waals surface area contributed by atoms with Crippen LogP contribution in [-0.2, 0) is 11.3 Å². The number of ether oxygens (including phenoxy) is 1. The van der Waals surface area contributed by atoms with Crippen LogP contribution in [-0.4, -0.2) is 30.7 Å². The molecule has 1 saturated carbocycles. The summed E-state index contributed by atoms with van der Waals surface area (Å²) in [5.41, 5.74) is 8.18. The highest BCUT2D eigenvalue weighted by Gasteiger charge is 2.50. The van der Waals surface area contributed by atoms with Gasteiger partial charge < -0.3 is 10.5 Å². The van der Waals surface area contributed by atoms with E-state index in [0.717, 1.165) is 25.3 Å². The van der Waals surface area contributed by atoms with Gasteiger partial charge >= 0.3 is 0 Å². The lowest BCUT2D eigenvalue weighted by Gasteiger charge is -2.55. The Balaban J connectivity index is 0.00000200. The number of nitrogens with zero attached hydrogens (tertiary/aromatic N) is 1. The Bertz CT molecular complexity index is 436. The van der Waals surface area contributed by atoms with E-state index in [0.29, 0.717) is 12.1 Å². The summed E-state index contributed by atoms with van der Waals surface area (Å²) in [6, 6.07) is 8.72. The van der Waals surface area contributed by atoms with Gasteiger partial charge in [-0.25, -0.2) is 0 Å². The number of nitrogens with two attached hydrogens (primary N) is 1. The Morgan fingerprint density at radius 2 is 2.10 bits per heavy atom. The summed E-state index contributed by atoms with van der Waals surface area (Å²) < 4.78 is 5.80. The molecule has 0 saturated heterocycles. The number of anilines is 1. The Morgan fingerprint density at radius 1 is 1.40 bits per heavy atom. The predicted molar refractivity (Wildman–Crippen MR) is 87.2 cm³/mol. The Morgan fingerprint density at radius 3 is 2.65 bits per heavy atom. The van der Waals surface area contributed by atoms with Gasteiger partial charge in [0.15, 0.2) is 0 Å². The second-order valence-corrected chi connectivity index (χ2v) is 6.18. The summed E-state index contributed by atoms with van der Waals surface area (Å²) >= 11 is 0. The SMILES string of the molecule is CCOC1CC(N(C)Cc2cccc(N)c2)C1(C)C.Cl. The van der Waals surface area contributed by atoms with E-state index in [2.05, 4.69) is 44.9 Å². The maximum Gasteiger partial charge on any atom is 0.0655 e. The molecule has 0 aromatic heterocycles. The van der Waals surface area contributed by atoms with Crippen LogP contribution in [0.1, 0.15) is 32.8 Å². The molecule has 0 amide bonds. The van der Waals surface area contributed by atoms with Gasteiger partial charge in [0.05, 0.1) is 6.10 Å². The molecule has 2 rings (SSSR count). The van der Waals surface area contributed by atoms with E-state index < -0.39 is 0 Å². The van der Waals surface area contributed by atoms with Crippen LogP contribution in [0.2, 0.25) is 0 Å². The van der Waals surface area contributed by atoms with Crippen LogP contribution >= 0.6 is 12.4 Å². The van der Waals surface area contributed by atoms with Gasteiger partial charge in [-0.1, -0.05) is 26.0 Å². The van der Waals surface area contributed by atoms with Crippen molar-refractivity contribution in [1.82, 2.24) is 4.90 Å². The molecule has 3 nitrogen and oxygen atoms in total. The molecular weight excluding hydrogens is 272 g/mol. The molecule has 2 atom stereocenters. The first-order valence-corrected chi connectivity index (χ1v) is 7.11. The molecule has 20 heavy (non-hydrogen) atoms. The summed E-state index contributed by atoms with van der Waals surface area (Å²) in [5.74, 6) is 0. The Kier molecular flexibility index (Phi) is 5.87. The zero-order chi connectivity index (χ0) is 14.0. The quantitative estimate of drug-likeness (QED) is 0.848. The fourth-order valence-electron chi connectivity index (χ4n) is 3.19. The maximum absolute atomic E-state index is 5.83. The van der Waals surface area contributed by atoms with Gasteiger partial charge in [0.2, 0.25) is 0 Å². The highest BCUT2D eigenvalue weighted by molar-refractivity contribution is 5.85. The van der Waals surface area contributed by atoms with Crippen LogP contribution in [0.15, 0.2) is 24.3 Å². The summed E-state index contributed by atoms with van der Waals surface area (Å²) in [5, 5.41) is 0. The lowest BCUT2D eigenvalue weighted by Crippen LogP contribution is -2.60. The lowest BCUT2D eigenvalue weighted by molar-refractivity contribution is -0.146. The number of nitrogen functional groups attached to an aromatic ring is 1. The molecule has 1 aliphatic carbocycles.